The molecule has 0 spiro atoms. The third-order valence-electron chi connectivity index (χ3n) is 4.85. The first-order chi connectivity index (χ1) is 12.0. The summed E-state index contributed by atoms with van der Waals surface area (Å²) in [5, 5.41) is 0.893. The topological polar surface area (TPSA) is 44.1 Å². The lowest BCUT2D eigenvalue weighted by Gasteiger charge is -2.16. The highest BCUT2D eigenvalue weighted by molar-refractivity contribution is 7.99. The minimum atomic E-state index is -0.516. The van der Waals surface area contributed by atoms with Crippen LogP contribution in [0.15, 0.2) is 23.4 Å². The molecule has 0 N–H and O–H groups in total. The van der Waals surface area contributed by atoms with E-state index in [1.807, 2.05) is 6.92 Å². The molecule has 1 heterocycles. The second-order valence-electron chi connectivity index (χ2n) is 6.43. The lowest BCUT2D eigenvalue weighted by atomic mass is 10.1. The predicted molar refractivity (Wildman–Crippen MR) is 97.2 cm³/mol. The van der Waals surface area contributed by atoms with Crippen LogP contribution in [0.1, 0.15) is 53.5 Å². The molecule has 134 valence electrons. The van der Waals surface area contributed by atoms with Gasteiger partial charge >= 0.3 is 0 Å². The largest absolute Gasteiger partial charge is 0.494 e. The van der Waals surface area contributed by atoms with Crippen LogP contribution in [0, 0.1) is 19.7 Å². The fourth-order valence-electron chi connectivity index (χ4n) is 3.34. The molecular weight excluding hydrogens is 339 g/mol. The van der Waals surface area contributed by atoms with Crippen LogP contribution in [0.4, 0.5) is 4.39 Å². The average molecular weight is 362 g/mol. The number of methoxy groups -OCH3 is 1. The molecule has 4 nitrogen and oxygen atoms in total. The zero-order valence-electron chi connectivity index (χ0n) is 14.8. The smallest absolute Gasteiger partial charge is 0.173 e. The number of ether oxygens (including phenoxy) is 1. The predicted octanol–water partition coefficient (Wildman–Crippen LogP) is 4.74. The van der Waals surface area contributed by atoms with Crippen LogP contribution in [0.25, 0.3) is 0 Å². The number of Topliss-reactive ketones (excluding diaryl/α,β-unsaturated/α-hetero) is 1. The maximum atomic E-state index is 13.8. The normalized spacial score (nSPS) is 14.9. The standard InChI is InChI=1S/C19H23FN2O2S/c1-12-13(2)22(15-6-4-5-7-15)19(21-12)25-11-17(23)14-8-9-18(24-3)16(20)10-14/h8-10,15H,4-7,11H2,1-3H3. The minimum Gasteiger partial charge on any atom is -0.494 e. The maximum Gasteiger partial charge on any atom is 0.173 e. The first-order valence-electron chi connectivity index (χ1n) is 8.56. The Morgan fingerprint density at radius 3 is 2.72 bits per heavy atom. The van der Waals surface area contributed by atoms with Gasteiger partial charge < -0.3 is 9.30 Å². The van der Waals surface area contributed by atoms with Gasteiger partial charge in [0.05, 0.1) is 18.6 Å². The molecule has 0 aliphatic heterocycles. The van der Waals surface area contributed by atoms with E-state index in [2.05, 4.69) is 16.5 Å². The molecule has 2 aromatic rings. The van der Waals surface area contributed by atoms with Crippen molar-refractivity contribution in [1.82, 2.24) is 9.55 Å². The number of nitrogens with zero attached hydrogens (tertiary/aromatic N) is 2. The Morgan fingerprint density at radius 2 is 2.08 bits per heavy atom. The monoisotopic (exact) mass is 362 g/mol. The number of hydrogen-bond donors (Lipinski definition) is 0. The molecule has 1 aliphatic carbocycles. The summed E-state index contributed by atoms with van der Waals surface area (Å²) in [4.78, 5) is 17.1. The van der Waals surface area contributed by atoms with Crippen molar-refractivity contribution in [3.05, 3.63) is 41.0 Å². The molecule has 1 aromatic heterocycles. The van der Waals surface area contributed by atoms with E-state index in [9.17, 15) is 9.18 Å². The van der Waals surface area contributed by atoms with E-state index in [-0.39, 0.29) is 17.3 Å². The summed E-state index contributed by atoms with van der Waals surface area (Å²) in [5.41, 5.74) is 2.55. The Kier molecular flexibility index (Phi) is 5.47. The number of aryl methyl sites for hydroxylation is 1. The molecule has 1 saturated carbocycles. The average Bonchev–Trinajstić information content (AvgIpc) is 3.21. The SMILES string of the molecule is COc1ccc(C(=O)CSc2nc(C)c(C)n2C2CCCC2)cc1F. The summed E-state index contributed by atoms with van der Waals surface area (Å²) >= 11 is 1.44. The summed E-state index contributed by atoms with van der Waals surface area (Å²) in [7, 11) is 1.41. The van der Waals surface area contributed by atoms with Crippen LogP contribution in [-0.2, 0) is 0 Å². The molecule has 0 amide bonds. The quantitative estimate of drug-likeness (QED) is 0.550. The number of thioether (sulfide) groups is 1. The molecule has 0 unspecified atom stereocenters. The van der Waals surface area contributed by atoms with E-state index in [4.69, 9.17) is 4.74 Å². The number of hydrogen-bond acceptors (Lipinski definition) is 4. The number of ketones is 1. The molecular formula is C19H23FN2O2S. The Labute approximate surface area is 151 Å². The first-order valence-corrected chi connectivity index (χ1v) is 9.54. The molecule has 1 fully saturated rings. The maximum absolute atomic E-state index is 13.8. The fourth-order valence-corrected chi connectivity index (χ4v) is 4.40. The third kappa shape index (κ3) is 3.73. The van der Waals surface area contributed by atoms with Gasteiger partial charge in [-0.25, -0.2) is 9.37 Å². The van der Waals surface area contributed by atoms with E-state index in [1.165, 1.54) is 62.4 Å². The number of halogens is 1. The van der Waals surface area contributed by atoms with Crippen LogP contribution >= 0.6 is 11.8 Å². The first kappa shape index (κ1) is 18.0. The van der Waals surface area contributed by atoms with Crippen LogP contribution in [0.2, 0.25) is 0 Å². The molecule has 1 aliphatic rings. The zero-order valence-corrected chi connectivity index (χ0v) is 15.7. The van der Waals surface area contributed by atoms with Gasteiger partial charge in [0.25, 0.3) is 0 Å². The Hall–Kier alpha value is -1.82. The van der Waals surface area contributed by atoms with Crippen LogP contribution in [0.3, 0.4) is 0 Å². The second-order valence-corrected chi connectivity index (χ2v) is 7.38. The summed E-state index contributed by atoms with van der Waals surface area (Å²) in [6.45, 7) is 4.09. The highest BCUT2D eigenvalue weighted by atomic mass is 32.2. The lowest BCUT2D eigenvalue weighted by molar-refractivity contribution is 0.102. The molecule has 0 bridgehead atoms. The highest BCUT2D eigenvalue weighted by Gasteiger charge is 2.23. The van der Waals surface area contributed by atoms with E-state index in [1.54, 1.807) is 6.07 Å². The van der Waals surface area contributed by atoms with Gasteiger partial charge in [-0.05, 0) is 44.9 Å². The number of carbonyl (C=O) groups excluding carboxylic acids is 1. The van der Waals surface area contributed by atoms with Gasteiger partial charge in [-0.1, -0.05) is 24.6 Å². The number of rotatable bonds is 6. The van der Waals surface area contributed by atoms with Gasteiger partial charge in [-0.2, -0.15) is 0 Å². The van der Waals surface area contributed by atoms with Gasteiger partial charge in [0, 0.05) is 17.3 Å². The van der Waals surface area contributed by atoms with E-state index in [0.29, 0.717) is 11.6 Å². The molecule has 25 heavy (non-hydrogen) atoms. The number of carbonyl (C=O) groups is 1. The van der Waals surface area contributed by atoms with E-state index in [0.717, 1.165) is 10.9 Å². The molecule has 0 atom stereocenters. The van der Waals surface area contributed by atoms with Crippen molar-refractivity contribution in [3.63, 3.8) is 0 Å². The van der Waals surface area contributed by atoms with Crippen LogP contribution in [0.5, 0.6) is 5.75 Å². The van der Waals surface area contributed by atoms with Gasteiger partial charge in [0.2, 0.25) is 0 Å². The Bertz CT molecular complexity index is 782. The van der Waals surface area contributed by atoms with Gasteiger partial charge in [0.1, 0.15) is 0 Å². The summed E-state index contributed by atoms with van der Waals surface area (Å²) < 4.78 is 21.0. The summed E-state index contributed by atoms with van der Waals surface area (Å²) in [5.74, 6) is -0.235. The van der Waals surface area contributed by atoms with Crippen molar-refractivity contribution >= 4 is 17.5 Å². The van der Waals surface area contributed by atoms with Crippen molar-refractivity contribution in [2.24, 2.45) is 0 Å². The highest BCUT2D eigenvalue weighted by Crippen LogP contribution is 2.35. The van der Waals surface area contributed by atoms with Crippen LogP contribution in [-0.4, -0.2) is 28.2 Å². The minimum absolute atomic E-state index is 0.108. The van der Waals surface area contributed by atoms with Crippen molar-refractivity contribution in [1.29, 1.82) is 0 Å². The van der Waals surface area contributed by atoms with Gasteiger partial charge in [-0.15, -0.1) is 0 Å². The fraction of sp³-hybridized carbons (Fsp3) is 0.474. The van der Waals surface area contributed by atoms with Crippen LogP contribution < -0.4 is 4.74 Å². The van der Waals surface area contributed by atoms with Crippen molar-refractivity contribution in [2.75, 3.05) is 12.9 Å². The van der Waals surface area contributed by atoms with Crippen molar-refractivity contribution in [3.8, 4) is 5.75 Å². The summed E-state index contributed by atoms with van der Waals surface area (Å²) in [6.07, 6.45) is 4.83. The van der Waals surface area contributed by atoms with Crippen molar-refractivity contribution < 1.29 is 13.9 Å². The van der Waals surface area contributed by atoms with E-state index >= 15 is 0 Å². The summed E-state index contributed by atoms with van der Waals surface area (Å²) in [6, 6.07) is 4.81. The molecule has 6 heteroatoms. The molecule has 3 rings (SSSR count). The number of benzene rings is 1. The molecule has 0 saturated heterocycles. The number of imidazole rings is 1. The molecule has 1 aromatic carbocycles. The Morgan fingerprint density at radius 1 is 1.36 bits per heavy atom. The Balaban J connectivity index is 1.74. The molecule has 0 radical (unpaired) electrons. The number of aromatic nitrogens is 2. The second kappa shape index (κ2) is 7.60. The zero-order chi connectivity index (χ0) is 18.0. The van der Waals surface area contributed by atoms with Gasteiger partial charge in [-0.3, -0.25) is 4.79 Å². The lowest BCUT2D eigenvalue weighted by Crippen LogP contribution is -2.10. The van der Waals surface area contributed by atoms with Gasteiger partial charge in [0.15, 0.2) is 22.5 Å². The van der Waals surface area contributed by atoms with Crippen molar-refractivity contribution in [2.45, 2.75) is 50.7 Å². The third-order valence-corrected chi connectivity index (χ3v) is 5.80. The van der Waals surface area contributed by atoms with E-state index < -0.39 is 5.82 Å².